The Bertz CT molecular complexity index is 739. The second-order valence-electron chi connectivity index (χ2n) is 10.3. The Hall–Kier alpha value is -1.13. The fourth-order valence-corrected chi connectivity index (χ4v) is 7.79. The normalized spacial score (nSPS) is 51.6. The second-order valence-corrected chi connectivity index (χ2v) is 10.3. The third kappa shape index (κ3) is 2.26. The van der Waals surface area contributed by atoms with E-state index in [0.717, 1.165) is 56.9 Å². The maximum Gasteiger partial charge on any atom is 0.331 e. The first-order chi connectivity index (χ1) is 12.8. The van der Waals surface area contributed by atoms with E-state index < -0.39 is 5.60 Å². The lowest BCUT2D eigenvalue weighted by Crippen LogP contribution is -2.60. The molecule has 0 bridgehead atoms. The van der Waals surface area contributed by atoms with Crippen LogP contribution in [-0.4, -0.2) is 34.5 Å². The average molecular weight is 373 g/mol. The van der Waals surface area contributed by atoms with Gasteiger partial charge in [-0.05, 0) is 80.1 Å². The van der Waals surface area contributed by atoms with Gasteiger partial charge in [-0.25, -0.2) is 4.79 Å². The largest absolute Gasteiger partial charge is 0.458 e. The van der Waals surface area contributed by atoms with E-state index in [-0.39, 0.29) is 34.7 Å². The van der Waals surface area contributed by atoms with Gasteiger partial charge in [0.2, 0.25) is 0 Å². The zero-order valence-electron chi connectivity index (χ0n) is 16.5. The highest BCUT2D eigenvalue weighted by Gasteiger charge is 2.66. The molecule has 1 heterocycles. The molecule has 0 aromatic heterocycles. The predicted molar refractivity (Wildman–Crippen MR) is 102 cm³/mol. The first kappa shape index (κ1) is 17.9. The van der Waals surface area contributed by atoms with Gasteiger partial charge >= 0.3 is 5.97 Å². The maximum atomic E-state index is 12.1. The lowest BCUT2D eigenvalue weighted by molar-refractivity contribution is -0.176. The Morgan fingerprint density at radius 3 is 2.67 bits per heavy atom. The lowest BCUT2D eigenvalue weighted by Gasteiger charge is -2.61. The molecule has 0 amide bonds. The van der Waals surface area contributed by atoms with E-state index >= 15 is 0 Å². The molecule has 27 heavy (non-hydrogen) atoms. The van der Waals surface area contributed by atoms with Crippen molar-refractivity contribution in [2.24, 2.45) is 28.6 Å². The molecule has 4 heteroatoms. The van der Waals surface area contributed by atoms with Crippen LogP contribution in [0.3, 0.4) is 0 Å². The fourth-order valence-electron chi connectivity index (χ4n) is 7.79. The van der Waals surface area contributed by atoms with Crippen LogP contribution in [0, 0.1) is 28.6 Å². The molecule has 3 fully saturated rings. The van der Waals surface area contributed by atoms with Crippen LogP contribution in [0.1, 0.15) is 65.2 Å². The molecule has 5 rings (SSSR count). The molecule has 0 radical (unpaired) electrons. The van der Waals surface area contributed by atoms with E-state index in [1.54, 1.807) is 6.08 Å². The van der Waals surface area contributed by atoms with Crippen LogP contribution in [0.4, 0.5) is 0 Å². The third-order valence-corrected chi connectivity index (χ3v) is 9.40. The van der Waals surface area contributed by atoms with E-state index in [1.807, 2.05) is 0 Å². The van der Waals surface area contributed by atoms with Crippen molar-refractivity contribution in [2.75, 3.05) is 6.61 Å². The van der Waals surface area contributed by atoms with Crippen LogP contribution in [0.2, 0.25) is 0 Å². The summed E-state index contributed by atoms with van der Waals surface area (Å²) in [7, 11) is 0. The number of fused-ring (bicyclic) bond motifs is 5. The minimum atomic E-state index is -0.672. The number of hydrogen-bond acceptors (Lipinski definition) is 4. The van der Waals surface area contributed by atoms with Gasteiger partial charge in [-0.3, -0.25) is 0 Å². The zero-order chi connectivity index (χ0) is 19.0. The molecule has 4 nitrogen and oxygen atoms in total. The smallest absolute Gasteiger partial charge is 0.331 e. The summed E-state index contributed by atoms with van der Waals surface area (Å²) in [5.41, 5.74) is 1.80. The van der Waals surface area contributed by atoms with E-state index in [2.05, 4.69) is 19.9 Å². The summed E-state index contributed by atoms with van der Waals surface area (Å²) in [6.07, 6.45) is 11.4. The van der Waals surface area contributed by atoms with Gasteiger partial charge in [0, 0.05) is 11.5 Å². The van der Waals surface area contributed by atoms with Crippen LogP contribution >= 0.6 is 0 Å². The van der Waals surface area contributed by atoms with E-state index in [0.29, 0.717) is 12.5 Å². The van der Waals surface area contributed by atoms with Gasteiger partial charge in [0.05, 0.1) is 11.7 Å². The molecule has 1 aliphatic heterocycles. The van der Waals surface area contributed by atoms with Gasteiger partial charge in [-0.2, -0.15) is 0 Å². The molecule has 0 aromatic carbocycles. The molecule has 2 N–H and O–H groups in total. The molecule has 4 aliphatic carbocycles. The van der Waals surface area contributed by atoms with Crippen LogP contribution < -0.4 is 0 Å². The van der Waals surface area contributed by atoms with Gasteiger partial charge in [0.1, 0.15) is 6.61 Å². The number of rotatable bonds is 1. The van der Waals surface area contributed by atoms with Crippen molar-refractivity contribution in [2.45, 2.75) is 76.9 Å². The fraction of sp³-hybridized carbons (Fsp3) is 0.783. The lowest BCUT2D eigenvalue weighted by atomic mass is 9.45. The van der Waals surface area contributed by atoms with Crippen molar-refractivity contribution in [3.05, 3.63) is 23.3 Å². The molecule has 0 unspecified atom stereocenters. The number of hydrogen-bond donors (Lipinski definition) is 2. The van der Waals surface area contributed by atoms with Crippen molar-refractivity contribution in [1.82, 2.24) is 0 Å². The first-order valence-electron chi connectivity index (χ1n) is 10.8. The molecule has 148 valence electrons. The van der Waals surface area contributed by atoms with Gasteiger partial charge in [-0.15, -0.1) is 0 Å². The van der Waals surface area contributed by atoms with E-state index in [4.69, 9.17) is 4.74 Å². The average Bonchev–Trinajstić information content (AvgIpc) is 3.16. The number of aliphatic hydroxyl groups excluding tert-OH is 1. The highest BCUT2D eigenvalue weighted by atomic mass is 16.5. The topological polar surface area (TPSA) is 66.8 Å². The summed E-state index contributed by atoms with van der Waals surface area (Å²) in [5.74, 6) is 0.804. The number of esters is 1. The van der Waals surface area contributed by atoms with Gasteiger partial charge < -0.3 is 14.9 Å². The maximum absolute atomic E-state index is 12.1. The van der Waals surface area contributed by atoms with Crippen LogP contribution in [0.25, 0.3) is 0 Å². The molecule has 0 aromatic rings. The molecular formula is C23H32O4. The Kier molecular flexibility index (Phi) is 3.78. The number of carbonyl (C=O) groups is 1. The number of allylic oxidation sites excluding steroid dienone is 1. The van der Waals surface area contributed by atoms with Gasteiger partial charge in [-0.1, -0.05) is 25.5 Å². The predicted octanol–water partition coefficient (Wildman–Crippen LogP) is 3.52. The zero-order valence-corrected chi connectivity index (χ0v) is 16.5. The standard InChI is InChI=1S/C23H32O4/c1-21-8-5-16(24)12-15(21)3-4-19-18(21)6-9-22(2)17(7-10-23(19,22)26)14-11-20(25)27-13-14/h3,11,16-19,24,26H,4-10,12-13H2,1-2H3/t16-,17+,18-,19+,21-,22+,23-/m0/s1. The minimum Gasteiger partial charge on any atom is -0.458 e. The summed E-state index contributed by atoms with van der Waals surface area (Å²) in [6, 6.07) is 0. The van der Waals surface area contributed by atoms with Crippen molar-refractivity contribution in [1.29, 1.82) is 0 Å². The summed E-state index contributed by atoms with van der Waals surface area (Å²) in [5, 5.41) is 22.2. The highest BCUT2D eigenvalue weighted by Crippen LogP contribution is 2.68. The Balaban J connectivity index is 1.50. The van der Waals surface area contributed by atoms with Crippen molar-refractivity contribution < 1.29 is 19.7 Å². The molecule has 0 spiro atoms. The van der Waals surface area contributed by atoms with Crippen molar-refractivity contribution in [3.8, 4) is 0 Å². The monoisotopic (exact) mass is 372 g/mol. The Morgan fingerprint density at radius 2 is 1.93 bits per heavy atom. The molecular weight excluding hydrogens is 340 g/mol. The molecule has 5 aliphatic rings. The van der Waals surface area contributed by atoms with Crippen LogP contribution in [-0.2, 0) is 9.53 Å². The van der Waals surface area contributed by atoms with Gasteiger partial charge in [0.25, 0.3) is 0 Å². The number of cyclic esters (lactones) is 1. The van der Waals surface area contributed by atoms with Crippen molar-refractivity contribution in [3.63, 3.8) is 0 Å². The molecule has 3 saturated carbocycles. The van der Waals surface area contributed by atoms with Gasteiger partial charge in [0.15, 0.2) is 0 Å². The minimum absolute atomic E-state index is 0.128. The SMILES string of the molecule is C[C@]12CC[C@H](O)CC1=CC[C@@H]1[C@@H]2CC[C@]2(C)[C@@H](C3=CC(=O)OC3)CC[C@]12O. The quantitative estimate of drug-likeness (QED) is 0.546. The molecule has 7 atom stereocenters. The first-order valence-corrected chi connectivity index (χ1v) is 10.8. The summed E-state index contributed by atoms with van der Waals surface area (Å²) < 4.78 is 5.19. The number of aliphatic hydroxyl groups is 2. The second kappa shape index (κ2) is 5.70. The number of carbonyl (C=O) groups excluding carboxylic acids is 1. The Morgan fingerprint density at radius 1 is 1.11 bits per heavy atom. The third-order valence-electron chi connectivity index (χ3n) is 9.40. The van der Waals surface area contributed by atoms with Crippen LogP contribution in [0.15, 0.2) is 23.3 Å². The highest BCUT2D eigenvalue weighted by molar-refractivity contribution is 5.85. The Labute approximate surface area is 161 Å². The molecule has 0 saturated heterocycles. The number of ether oxygens (including phenoxy) is 1. The van der Waals surface area contributed by atoms with Crippen LogP contribution in [0.5, 0.6) is 0 Å². The van der Waals surface area contributed by atoms with E-state index in [9.17, 15) is 15.0 Å². The summed E-state index contributed by atoms with van der Waals surface area (Å²) in [6.45, 7) is 5.05. The summed E-state index contributed by atoms with van der Waals surface area (Å²) >= 11 is 0. The van der Waals surface area contributed by atoms with Crippen molar-refractivity contribution >= 4 is 5.97 Å². The van der Waals surface area contributed by atoms with E-state index in [1.165, 1.54) is 5.57 Å². The summed E-state index contributed by atoms with van der Waals surface area (Å²) in [4.78, 5) is 11.6.